The highest BCUT2D eigenvalue weighted by Crippen LogP contribution is 2.19. The van der Waals surface area contributed by atoms with E-state index in [4.69, 9.17) is 4.74 Å². The summed E-state index contributed by atoms with van der Waals surface area (Å²) in [6.07, 6.45) is 83.9. The maximum Gasteiger partial charge on any atom is 0.305 e. The first kappa shape index (κ1) is 75.3. The van der Waals surface area contributed by atoms with Gasteiger partial charge in [0.15, 0.2) is 0 Å². The van der Waals surface area contributed by atoms with Crippen molar-refractivity contribution in [3.05, 3.63) is 24.3 Å². The smallest absolute Gasteiger partial charge is 0.305 e. The number of carbonyl (C=O) groups is 2. The number of rotatable bonds is 66. The van der Waals surface area contributed by atoms with Gasteiger partial charge < -0.3 is 20.3 Å². The number of aliphatic hydroxyl groups excluding tert-OH is 2. The molecule has 0 saturated carbocycles. The van der Waals surface area contributed by atoms with Crippen LogP contribution in [0.2, 0.25) is 0 Å². The van der Waals surface area contributed by atoms with Gasteiger partial charge in [-0.3, -0.25) is 9.59 Å². The van der Waals surface area contributed by atoms with Crippen LogP contribution in [0.1, 0.15) is 393 Å². The molecular formula is C71H137NO5. The molecule has 456 valence electrons. The van der Waals surface area contributed by atoms with Crippen LogP contribution in [-0.2, 0) is 14.3 Å². The standard InChI is InChI=1S/C71H137NO5/c1-3-5-7-9-11-13-15-17-19-21-23-24-25-26-27-29-31-35-39-43-47-51-55-59-63-69(74)68(67-73)72-70(75)64-60-56-52-48-44-40-36-32-30-34-38-42-46-50-54-58-62-66-77-71(76)65-61-57-53-49-45-41-37-33-28-22-20-18-16-14-12-10-8-6-4-2/h30,34,59,63,68-69,73-74H,3-29,31-33,35-58,60-62,64-67H2,1-2H3,(H,72,75)/b34-30-,63-59+. The van der Waals surface area contributed by atoms with E-state index in [0.29, 0.717) is 19.4 Å². The van der Waals surface area contributed by atoms with Crippen LogP contribution in [0.25, 0.3) is 0 Å². The Labute approximate surface area is 481 Å². The Morgan fingerprint density at radius 1 is 0.351 bits per heavy atom. The number of ether oxygens (including phenoxy) is 1. The Morgan fingerprint density at radius 3 is 0.922 bits per heavy atom. The van der Waals surface area contributed by atoms with E-state index in [9.17, 15) is 19.8 Å². The summed E-state index contributed by atoms with van der Waals surface area (Å²) in [7, 11) is 0. The second kappa shape index (κ2) is 66.8. The van der Waals surface area contributed by atoms with Crippen molar-refractivity contribution in [2.24, 2.45) is 0 Å². The van der Waals surface area contributed by atoms with E-state index < -0.39 is 12.1 Å². The lowest BCUT2D eigenvalue weighted by atomic mass is 10.0. The fraction of sp³-hybridized carbons (Fsp3) is 0.915. The van der Waals surface area contributed by atoms with Gasteiger partial charge in [-0.1, -0.05) is 346 Å². The van der Waals surface area contributed by atoms with Gasteiger partial charge in [0.2, 0.25) is 5.91 Å². The van der Waals surface area contributed by atoms with Gasteiger partial charge in [0.05, 0.1) is 25.4 Å². The Bertz CT molecular complexity index is 1200. The largest absolute Gasteiger partial charge is 0.466 e. The molecule has 0 heterocycles. The molecule has 77 heavy (non-hydrogen) atoms. The predicted octanol–water partition coefficient (Wildman–Crippen LogP) is 22.5. The molecule has 3 N–H and O–H groups in total. The number of amides is 1. The molecule has 0 rings (SSSR count). The molecule has 0 aromatic carbocycles. The monoisotopic (exact) mass is 1080 g/mol. The summed E-state index contributed by atoms with van der Waals surface area (Å²) < 4.78 is 5.50. The summed E-state index contributed by atoms with van der Waals surface area (Å²) in [5, 5.41) is 23.3. The summed E-state index contributed by atoms with van der Waals surface area (Å²) in [5.41, 5.74) is 0. The Balaban J connectivity index is 3.45. The molecular weight excluding hydrogens is 947 g/mol. The SMILES string of the molecule is CCCCCCCCCCCCCCCCCCCCCCCC/C=C/C(O)C(CO)NC(=O)CCCCCCCCC/C=C\CCCCCCCCOC(=O)CCCCCCCCCCCCCCCCCCCCC. The van der Waals surface area contributed by atoms with Crippen molar-refractivity contribution in [1.29, 1.82) is 0 Å². The van der Waals surface area contributed by atoms with Crippen LogP contribution >= 0.6 is 0 Å². The third-order valence-electron chi connectivity index (χ3n) is 16.5. The number of hydrogen-bond donors (Lipinski definition) is 3. The summed E-state index contributed by atoms with van der Waals surface area (Å²) in [6.45, 7) is 4.93. The van der Waals surface area contributed by atoms with Gasteiger partial charge in [0.25, 0.3) is 0 Å². The first-order valence-corrected chi connectivity index (χ1v) is 35.1. The van der Waals surface area contributed by atoms with Gasteiger partial charge >= 0.3 is 5.97 Å². The molecule has 0 fully saturated rings. The van der Waals surface area contributed by atoms with Crippen molar-refractivity contribution in [3.63, 3.8) is 0 Å². The maximum absolute atomic E-state index is 12.5. The van der Waals surface area contributed by atoms with Crippen LogP contribution in [-0.4, -0.2) is 47.4 Å². The second-order valence-electron chi connectivity index (χ2n) is 24.2. The van der Waals surface area contributed by atoms with E-state index in [1.807, 2.05) is 6.08 Å². The number of esters is 1. The normalized spacial score (nSPS) is 12.6. The lowest BCUT2D eigenvalue weighted by Crippen LogP contribution is -2.45. The molecule has 0 aromatic heterocycles. The first-order valence-electron chi connectivity index (χ1n) is 35.1. The molecule has 0 aromatic rings. The summed E-state index contributed by atoms with van der Waals surface area (Å²) in [6, 6.07) is -0.638. The number of allylic oxidation sites excluding steroid dienone is 3. The minimum absolute atomic E-state index is 0.00310. The third-order valence-corrected chi connectivity index (χ3v) is 16.5. The van der Waals surface area contributed by atoms with Gasteiger partial charge in [-0.15, -0.1) is 0 Å². The van der Waals surface area contributed by atoms with Crippen LogP contribution in [0.3, 0.4) is 0 Å². The van der Waals surface area contributed by atoms with Crippen molar-refractivity contribution < 1.29 is 24.5 Å². The van der Waals surface area contributed by atoms with Crippen molar-refractivity contribution >= 4 is 11.9 Å². The van der Waals surface area contributed by atoms with Crippen LogP contribution in [0, 0.1) is 0 Å². The van der Waals surface area contributed by atoms with E-state index in [1.54, 1.807) is 6.08 Å². The highest BCUT2D eigenvalue weighted by molar-refractivity contribution is 5.76. The molecule has 0 aliphatic rings. The molecule has 0 radical (unpaired) electrons. The molecule has 1 amide bonds. The zero-order valence-electron chi connectivity index (χ0n) is 52.2. The molecule has 0 saturated heterocycles. The maximum atomic E-state index is 12.5. The molecule has 2 unspecified atom stereocenters. The van der Waals surface area contributed by atoms with Crippen molar-refractivity contribution in [1.82, 2.24) is 5.32 Å². The van der Waals surface area contributed by atoms with E-state index in [-0.39, 0.29) is 18.5 Å². The van der Waals surface area contributed by atoms with Crippen LogP contribution < -0.4 is 5.32 Å². The fourth-order valence-electron chi connectivity index (χ4n) is 11.1. The van der Waals surface area contributed by atoms with Gasteiger partial charge in [-0.05, 0) is 57.8 Å². The minimum Gasteiger partial charge on any atom is -0.466 e. The quantitative estimate of drug-likeness (QED) is 0.0320. The zero-order valence-corrected chi connectivity index (χ0v) is 52.2. The van der Waals surface area contributed by atoms with Crippen molar-refractivity contribution in [2.75, 3.05) is 13.2 Å². The second-order valence-corrected chi connectivity index (χ2v) is 24.2. The van der Waals surface area contributed by atoms with Crippen LogP contribution in [0.4, 0.5) is 0 Å². The summed E-state index contributed by atoms with van der Waals surface area (Å²) in [5.74, 6) is -0.0725. The Morgan fingerprint density at radius 2 is 0.610 bits per heavy atom. The topological polar surface area (TPSA) is 95.9 Å². The lowest BCUT2D eigenvalue weighted by molar-refractivity contribution is -0.143. The Kier molecular flexibility index (Phi) is 65.4. The number of aliphatic hydroxyl groups is 2. The number of hydrogen-bond acceptors (Lipinski definition) is 5. The van der Waals surface area contributed by atoms with E-state index in [0.717, 1.165) is 57.8 Å². The Hall–Kier alpha value is -1.66. The van der Waals surface area contributed by atoms with E-state index in [2.05, 4.69) is 31.3 Å². The number of unbranched alkanes of at least 4 members (excludes halogenated alkanes) is 53. The molecule has 6 nitrogen and oxygen atoms in total. The first-order chi connectivity index (χ1) is 38.0. The lowest BCUT2D eigenvalue weighted by Gasteiger charge is -2.20. The molecule has 6 heteroatoms. The molecule has 2 atom stereocenters. The van der Waals surface area contributed by atoms with Crippen molar-refractivity contribution in [2.45, 2.75) is 405 Å². The highest BCUT2D eigenvalue weighted by Gasteiger charge is 2.18. The minimum atomic E-state index is -0.854. The fourth-order valence-corrected chi connectivity index (χ4v) is 11.1. The number of nitrogens with one attached hydrogen (secondary N) is 1. The average molecular weight is 1080 g/mol. The molecule has 0 spiro atoms. The number of carbonyl (C=O) groups excluding carboxylic acids is 2. The van der Waals surface area contributed by atoms with Gasteiger partial charge in [-0.2, -0.15) is 0 Å². The summed E-state index contributed by atoms with van der Waals surface area (Å²) in [4.78, 5) is 24.6. The van der Waals surface area contributed by atoms with Crippen LogP contribution in [0.5, 0.6) is 0 Å². The zero-order chi connectivity index (χ0) is 55.7. The highest BCUT2D eigenvalue weighted by atomic mass is 16.5. The van der Waals surface area contributed by atoms with Gasteiger partial charge in [0.1, 0.15) is 0 Å². The predicted molar refractivity (Wildman–Crippen MR) is 338 cm³/mol. The summed E-state index contributed by atoms with van der Waals surface area (Å²) >= 11 is 0. The molecule has 0 aliphatic carbocycles. The van der Waals surface area contributed by atoms with E-state index >= 15 is 0 Å². The molecule has 0 aliphatic heterocycles. The third kappa shape index (κ3) is 63.4. The molecule has 0 bridgehead atoms. The average Bonchev–Trinajstić information content (AvgIpc) is 3.43. The van der Waals surface area contributed by atoms with Gasteiger partial charge in [-0.25, -0.2) is 0 Å². The van der Waals surface area contributed by atoms with Gasteiger partial charge in [0, 0.05) is 12.8 Å². The van der Waals surface area contributed by atoms with Crippen LogP contribution in [0.15, 0.2) is 24.3 Å². The van der Waals surface area contributed by atoms with E-state index in [1.165, 1.54) is 308 Å². The van der Waals surface area contributed by atoms with Crippen molar-refractivity contribution in [3.8, 4) is 0 Å².